The van der Waals surface area contributed by atoms with Gasteiger partial charge >= 0.3 is 0 Å². The third-order valence-corrected chi connectivity index (χ3v) is 4.65. The zero-order chi connectivity index (χ0) is 15.8. The third-order valence-electron chi connectivity index (χ3n) is 3.23. The first-order chi connectivity index (χ1) is 11.2. The summed E-state index contributed by atoms with van der Waals surface area (Å²) in [5, 5.41) is 13.6. The van der Waals surface area contributed by atoms with E-state index in [-0.39, 0.29) is 5.82 Å². The molecular formula is C15H7ClN6S. The molecule has 0 unspecified atom stereocenters. The zero-order valence-electron chi connectivity index (χ0n) is 11.5. The normalized spacial score (nSPS) is 10.8. The number of benzene rings is 1. The van der Waals surface area contributed by atoms with Crippen molar-refractivity contribution in [2.45, 2.75) is 0 Å². The number of thiophene rings is 1. The molecule has 0 saturated carbocycles. The van der Waals surface area contributed by atoms with Crippen molar-refractivity contribution < 1.29 is 0 Å². The second-order valence-electron chi connectivity index (χ2n) is 4.65. The van der Waals surface area contributed by atoms with Gasteiger partial charge in [-0.05, 0) is 23.8 Å². The molecule has 6 nitrogen and oxygen atoms in total. The predicted octanol–water partition coefficient (Wildman–Crippen LogP) is 3.46. The molecule has 0 saturated heterocycles. The number of fused-ring (bicyclic) bond motifs is 1. The van der Waals surface area contributed by atoms with Crippen LogP contribution in [-0.2, 0) is 0 Å². The lowest BCUT2D eigenvalue weighted by atomic mass is 10.2. The summed E-state index contributed by atoms with van der Waals surface area (Å²) >= 11 is 7.49. The lowest BCUT2D eigenvalue weighted by Gasteiger charge is -1.99. The summed E-state index contributed by atoms with van der Waals surface area (Å²) in [6.07, 6.45) is 2.95. The second kappa shape index (κ2) is 5.43. The number of nitrogens with zero attached hydrogens (tertiary/aromatic N) is 6. The zero-order valence-corrected chi connectivity index (χ0v) is 13.1. The van der Waals surface area contributed by atoms with Gasteiger partial charge in [0.05, 0.1) is 10.2 Å². The number of hydrogen-bond donors (Lipinski definition) is 0. The van der Waals surface area contributed by atoms with Crippen molar-refractivity contribution >= 4 is 33.2 Å². The van der Waals surface area contributed by atoms with Crippen LogP contribution < -0.4 is 0 Å². The number of aromatic nitrogens is 5. The molecular weight excluding hydrogens is 332 g/mol. The lowest BCUT2D eigenvalue weighted by molar-refractivity contribution is 0.846. The van der Waals surface area contributed by atoms with Gasteiger partial charge in [0.1, 0.15) is 18.7 Å². The van der Waals surface area contributed by atoms with Gasteiger partial charge in [0, 0.05) is 9.90 Å². The Morgan fingerprint density at radius 1 is 1.13 bits per heavy atom. The van der Waals surface area contributed by atoms with Crippen LogP contribution in [0.3, 0.4) is 0 Å². The minimum absolute atomic E-state index is 0.103. The van der Waals surface area contributed by atoms with Crippen LogP contribution in [0, 0.1) is 11.3 Å². The minimum atomic E-state index is 0.103. The molecule has 0 aliphatic heterocycles. The van der Waals surface area contributed by atoms with Crippen LogP contribution in [0.5, 0.6) is 0 Å². The average Bonchev–Trinajstić information content (AvgIpc) is 3.21. The van der Waals surface area contributed by atoms with Crippen molar-refractivity contribution in [3.05, 3.63) is 53.8 Å². The molecule has 8 heteroatoms. The molecule has 4 rings (SSSR count). The standard InChI is InChI=1S/C15H7ClN6S/c16-10-3-1-9(2-4-10)12-5-11-14(23-12)15(19-7-18-11)22-8-20-13(6-17)21-22/h1-5,7-8H. The summed E-state index contributed by atoms with van der Waals surface area (Å²) in [6, 6.07) is 11.5. The van der Waals surface area contributed by atoms with E-state index in [1.54, 1.807) is 11.3 Å². The highest BCUT2D eigenvalue weighted by molar-refractivity contribution is 7.22. The number of rotatable bonds is 2. The highest BCUT2D eigenvalue weighted by Gasteiger charge is 2.13. The van der Waals surface area contributed by atoms with Crippen molar-refractivity contribution in [2.24, 2.45) is 0 Å². The van der Waals surface area contributed by atoms with Crippen molar-refractivity contribution in [3.8, 4) is 22.3 Å². The molecule has 0 spiro atoms. The molecule has 0 N–H and O–H groups in total. The van der Waals surface area contributed by atoms with Crippen molar-refractivity contribution in [1.82, 2.24) is 24.7 Å². The number of halogens is 1. The molecule has 4 aromatic rings. The molecule has 3 heterocycles. The Bertz CT molecular complexity index is 1040. The van der Waals surface area contributed by atoms with E-state index in [4.69, 9.17) is 16.9 Å². The Labute approximate surface area is 139 Å². The number of hydrogen-bond acceptors (Lipinski definition) is 6. The molecule has 0 aliphatic rings. The Morgan fingerprint density at radius 3 is 2.70 bits per heavy atom. The van der Waals surface area contributed by atoms with Crippen LogP contribution in [0.2, 0.25) is 5.02 Å². The predicted molar refractivity (Wildman–Crippen MR) is 87.5 cm³/mol. The summed E-state index contributed by atoms with van der Waals surface area (Å²) in [7, 11) is 0. The molecule has 0 amide bonds. The maximum Gasteiger partial charge on any atom is 0.252 e. The second-order valence-corrected chi connectivity index (χ2v) is 6.14. The monoisotopic (exact) mass is 338 g/mol. The van der Waals surface area contributed by atoms with Gasteiger partial charge in [-0.2, -0.15) is 9.94 Å². The van der Waals surface area contributed by atoms with E-state index in [2.05, 4.69) is 20.1 Å². The van der Waals surface area contributed by atoms with E-state index in [0.29, 0.717) is 10.8 Å². The SMILES string of the molecule is N#Cc1ncn(-c2ncnc3cc(-c4ccc(Cl)cc4)sc23)n1. The lowest BCUT2D eigenvalue weighted by Crippen LogP contribution is -1.99. The van der Waals surface area contributed by atoms with Crippen molar-refractivity contribution in [3.63, 3.8) is 0 Å². The minimum Gasteiger partial charge on any atom is -0.235 e. The Balaban J connectivity index is 1.87. The largest absolute Gasteiger partial charge is 0.252 e. The first-order valence-corrected chi connectivity index (χ1v) is 7.76. The van der Waals surface area contributed by atoms with Gasteiger partial charge in [0.15, 0.2) is 5.82 Å². The fourth-order valence-corrected chi connectivity index (χ4v) is 3.40. The number of nitriles is 1. The van der Waals surface area contributed by atoms with Gasteiger partial charge in [-0.3, -0.25) is 0 Å². The van der Waals surface area contributed by atoms with Crippen LogP contribution in [0.1, 0.15) is 5.82 Å². The molecule has 0 bridgehead atoms. The van der Waals surface area contributed by atoms with Crippen LogP contribution >= 0.6 is 22.9 Å². The summed E-state index contributed by atoms with van der Waals surface area (Å²) in [6.45, 7) is 0. The van der Waals surface area contributed by atoms with Crippen LogP contribution in [0.4, 0.5) is 0 Å². The molecule has 0 atom stereocenters. The summed E-state index contributed by atoms with van der Waals surface area (Å²) in [5.74, 6) is 0.709. The maximum absolute atomic E-state index is 8.86. The fourth-order valence-electron chi connectivity index (χ4n) is 2.18. The van der Waals surface area contributed by atoms with Crippen molar-refractivity contribution in [2.75, 3.05) is 0 Å². The highest BCUT2D eigenvalue weighted by Crippen LogP contribution is 2.35. The quantitative estimate of drug-likeness (QED) is 0.559. The van der Waals surface area contributed by atoms with Gasteiger partial charge in [-0.25, -0.2) is 15.0 Å². The Hall–Kier alpha value is -2.82. The van der Waals surface area contributed by atoms with Gasteiger partial charge in [-0.1, -0.05) is 23.7 Å². The average molecular weight is 339 g/mol. The molecule has 0 aliphatic carbocycles. The molecule has 23 heavy (non-hydrogen) atoms. The summed E-state index contributed by atoms with van der Waals surface area (Å²) < 4.78 is 2.37. The van der Waals surface area contributed by atoms with E-state index in [1.165, 1.54) is 17.3 Å². The molecule has 110 valence electrons. The van der Waals surface area contributed by atoms with Gasteiger partial charge in [-0.15, -0.1) is 16.4 Å². The van der Waals surface area contributed by atoms with E-state index in [9.17, 15) is 0 Å². The molecule has 0 fully saturated rings. The Kier molecular flexibility index (Phi) is 3.26. The smallest absolute Gasteiger partial charge is 0.235 e. The van der Waals surface area contributed by atoms with E-state index < -0.39 is 0 Å². The first kappa shape index (κ1) is 13.8. The summed E-state index contributed by atoms with van der Waals surface area (Å²) in [5.41, 5.74) is 1.87. The molecule has 3 aromatic heterocycles. The van der Waals surface area contributed by atoms with E-state index in [0.717, 1.165) is 20.7 Å². The van der Waals surface area contributed by atoms with Gasteiger partial charge in [0.25, 0.3) is 5.82 Å². The molecule has 1 aromatic carbocycles. The maximum atomic E-state index is 8.86. The van der Waals surface area contributed by atoms with Gasteiger partial charge < -0.3 is 0 Å². The fraction of sp³-hybridized carbons (Fsp3) is 0. The Morgan fingerprint density at radius 2 is 1.96 bits per heavy atom. The first-order valence-electron chi connectivity index (χ1n) is 6.57. The van der Waals surface area contributed by atoms with Gasteiger partial charge in [0.2, 0.25) is 0 Å². The van der Waals surface area contributed by atoms with Crippen LogP contribution in [0.25, 0.3) is 26.5 Å². The van der Waals surface area contributed by atoms with Crippen molar-refractivity contribution in [1.29, 1.82) is 5.26 Å². The molecule has 0 radical (unpaired) electrons. The highest BCUT2D eigenvalue weighted by atomic mass is 35.5. The van der Waals surface area contributed by atoms with E-state index in [1.807, 2.05) is 36.4 Å². The topological polar surface area (TPSA) is 80.3 Å². The van der Waals surface area contributed by atoms with Crippen LogP contribution in [-0.4, -0.2) is 24.7 Å². The van der Waals surface area contributed by atoms with Crippen LogP contribution in [0.15, 0.2) is 43.0 Å². The summed E-state index contributed by atoms with van der Waals surface area (Å²) in [4.78, 5) is 13.5. The third kappa shape index (κ3) is 2.44. The van der Waals surface area contributed by atoms with E-state index >= 15 is 0 Å².